The number of esters is 1. The molecule has 14 nitrogen and oxygen atoms in total. The van der Waals surface area contributed by atoms with Crippen LogP contribution in [0, 0.1) is 0 Å². The zero-order valence-corrected chi connectivity index (χ0v) is 24.7. The Kier molecular flexibility index (Phi) is 10.9. The molecule has 1 aromatic carbocycles. The number of hydrogen-bond acceptors (Lipinski definition) is 14. The molecule has 43 heavy (non-hydrogen) atoms. The summed E-state index contributed by atoms with van der Waals surface area (Å²) in [6.45, 7) is 0.552. The van der Waals surface area contributed by atoms with Gasteiger partial charge < -0.3 is 31.5 Å². The van der Waals surface area contributed by atoms with Gasteiger partial charge in [-0.1, -0.05) is 16.9 Å². The van der Waals surface area contributed by atoms with Crippen LogP contribution in [0.25, 0.3) is 11.2 Å². The van der Waals surface area contributed by atoms with Crippen molar-refractivity contribution >= 4 is 68.1 Å². The number of nitrogens with two attached hydrogens (primary N) is 2. The third kappa shape index (κ3) is 9.14. The first-order valence-corrected chi connectivity index (χ1v) is 15.3. The number of hydrogen-bond donors (Lipinski definition) is 4. The van der Waals surface area contributed by atoms with E-state index < -0.39 is 23.9 Å². The molecule has 3 aromatic heterocycles. The molecular formula is C27H29N9O5S2. The highest BCUT2D eigenvalue weighted by Crippen LogP contribution is 2.28. The smallest absolute Gasteiger partial charge is 0.326 e. The van der Waals surface area contributed by atoms with Crippen LogP contribution in [-0.2, 0) is 20.9 Å². The van der Waals surface area contributed by atoms with Gasteiger partial charge in [0.15, 0.2) is 17.0 Å². The molecule has 0 aliphatic rings. The second kappa shape index (κ2) is 15.0. The largest absolute Gasteiger partial charge is 0.480 e. The summed E-state index contributed by atoms with van der Waals surface area (Å²) < 4.78 is 5.18. The van der Waals surface area contributed by atoms with Gasteiger partial charge in [0.25, 0.3) is 5.91 Å². The molecule has 0 aliphatic carbocycles. The lowest BCUT2D eigenvalue weighted by Gasteiger charge is -2.19. The average molecular weight is 624 g/mol. The highest BCUT2D eigenvalue weighted by atomic mass is 33.1. The van der Waals surface area contributed by atoms with Crippen LogP contribution in [0.15, 0.2) is 59.9 Å². The number of ether oxygens (including phenoxy) is 1. The Labute approximate surface area is 254 Å². The van der Waals surface area contributed by atoms with Crippen molar-refractivity contribution in [2.45, 2.75) is 30.5 Å². The van der Waals surface area contributed by atoms with E-state index >= 15 is 0 Å². The third-order valence-electron chi connectivity index (χ3n) is 5.92. The van der Waals surface area contributed by atoms with Crippen molar-refractivity contribution in [1.29, 1.82) is 0 Å². The van der Waals surface area contributed by atoms with Crippen LogP contribution in [0.1, 0.15) is 28.9 Å². The Bertz CT molecular complexity index is 1580. The standard InChI is InChI=1S/C27H29N9O5S2/c1-36(15-17-14-31-24-22(32-17)23(28)34-27(29)35-24)18-7-5-16(6-8-18)25(38)33-19(26(39)40)9-10-21(37)41-12-13-42-43-20-4-2-3-11-30-20/h2-8,11,14,19H,9-10,12-13,15H2,1H3,(H,33,38)(H,39,40)(H4,28,29,31,34,35)/t19-/m0/s1. The van der Waals surface area contributed by atoms with E-state index in [2.05, 4.69) is 30.2 Å². The number of nitrogen functional groups attached to an aromatic ring is 2. The predicted molar refractivity (Wildman–Crippen MR) is 164 cm³/mol. The number of nitrogens with one attached hydrogen (secondary N) is 1. The molecule has 0 radical (unpaired) electrons. The minimum atomic E-state index is -1.25. The summed E-state index contributed by atoms with van der Waals surface area (Å²) in [6, 6.07) is 10.9. The van der Waals surface area contributed by atoms with Gasteiger partial charge in [0.2, 0.25) is 5.95 Å². The van der Waals surface area contributed by atoms with Crippen LogP contribution in [0.2, 0.25) is 0 Å². The molecule has 0 spiro atoms. The van der Waals surface area contributed by atoms with Crippen molar-refractivity contribution in [3.63, 3.8) is 0 Å². The number of pyridine rings is 1. The Morgan fingerprint density at radius 3 is 2.58 bits per heavy atom. The molecule has 0 saturated carbocycles. The van der Waals surface area contributed by atoms with Crippen LogP contribution >= 0.6 is 21.6 Å². The lowest BCUT2D eigenvalue weighted by atomic mass is 10.1. The monoisotopic (exact) mass is 623 g/mol. The quantitative estimate of drug-likeness (QED) is 0.0902. The number of fused-ring (bicyclic) bond motifs is 1. The number of aromatic nitrogens is 5. The van der Waals surface area contributed by atoms with Gasteiger partial charge in [-0.3, -0.25) is 9.59 Å². The fourth-order valence-corrected chi connectivity index (χ4v) is 5.49. The van der Waals surface area contributed by atoms with E-state index in [-0.39, 0.29) is 36.8 Å². The van der Waals surface area contributed by atoms with E-state index in [1.54, 1.807) is 36.7 Å². The molecule has 0 aliphatic heterocycles. The average Bonchev–Trinajstić information content (AvgIpc) is 2.99. The molecule has 0 saturated heterocycles. The number of carboxylic acid groups (broad SMARTS) is 1. The Balaban J connectivity index is 1.23. The molecule has 0 bridgehead atoms. The highest BCUT2D eigenvalue weighted by Gasteiger charge is 2.22. The normalized spacial score (nSPS) is 11.6. The van der Waals surface area contributed by atoms with Gasteiger partial charge in [-0.15, -0.1) is 0 Å². The number of carboxylic acids is 1. The lowest BCUT2D eigenvalue weighted by molar-refractivity contribution is -0.144. The van der Waals surface area contributed by atoms with Crippen LogP contribution in [0.5, 0.6) is 0 Å². The summed E-state index contributed by atoms with van der Waals surface area (Å²) in [5, 5.41) is 12.9. The highest BCUT2D eigenvalue weighted by molar-refractivity contribution is 8.76. The number of carbonyl (C=O) groups excluding carboxylic acids is 2. The molecule has 4 aromatic rings. The van der Waals surface area contributed by atoms with Crippen molar-refractivity contribution in [3.05, 3.63) is 66.1 Å². The number of nitrogens with zero attached hydrogens (tertiary/aromatic N) is 6. The first-order valence-electron chi connectivity index (χ1n) is 12.9. The fourth-order valence-electron chi connectivity index (χ4n) is 3.78. The van der Waals surface area contributed by atoms with Crippen LogP contribution in [-0.4, -0.2) is 73.3 Å². The molecule has 6 N–H and O–H groups in total. The molecule has 4 rings (SSSR count). The number of carbonyl (C=O) groups is 3. The maximum Gasteiger partial charge on any atom is 0.326 e. The maximum atomic E-state index is 12.8. The van der Waals surface area contributed by atoms with E-state index in [4.69, 9.17) is 16.2 Å². The first-order chi connectivity index (χ1) is 20.7. The number of benzene rings is 1. The number of amides is 1. The molecule has 224 valence electrons. The fraction of sp³-hybridized carbons (Fsp3) is 0.259. The van der Waals surface area contributed by atoms with Gasteiger partial charge in [0.1, 0.15) is 17.7 Å². The molecule has 0 fully saturated rings. The lowest BCUT2D eigenvalue weighted by Crippen LogP contribution is -2.41. The van der Waals surface area contributed by atoms with Crippen LogP contribution < -0.4 is 21.7 Å². The van der Waals surface area contributed by atoms with Crippen LogP contribution in [0.4, 0.5) is 17.5 Å². The summed E-state index contributed by atoms with van der Waals surface area (Å²) in [5.41, 5.74) is 13.8. The number of aliphatic carboxylic acids is 1. The SMILES string of the molecule is CN(Cc1cnc2nc(N)nc(N)c2n1)c1ccc(C(=O)N[C@@H](CCC(=O)OCCSSc2ccccn2)C(=O)O)cc1. The topological polar surface area (TPSA) is 212 Å². The van der Waals surface area contributed by atoms with E-state index in [1.807, 2.05) is 30.1 Å². The number of anilines is 3. The molecule has 16 heteroatoms. The van der Waals surface area contributed by atoms with Crippen molar-refractivity contribution < 1.29 is 24.2 Å². The van der Waals surface area contributed by atoms with Crippen LogP contribution in [0.3, 0.4) is 0 Å². The Morgan fingerprint density at radius 1 is 1.07 bits per heavy atom. The second-order valence-corrected chi connectivity index (χ2v) is 11.5. The zero-order valence-electron chi connectivity index (χ0n) is 23.0. The molecule has 0 unspecified atom stereocenters. The first kappa shape index (κ1) is 31.2. The molecule has 1 amide bonds. The summed E-state index contributed by atoms with van der Waals surface area (Å²) in [7, 11) is 4.80. The minimum Gasteiger partial charge on any atom is -0.480 e. The maximum absolute atomic E-state index is 12.8. The summed E-state index contributed by atoms with van der Waals surface area (Å²) in [6.07, 6.45) is 3.01. The zero-order chi connectivity index (χ0) is 30.8. The Morgan fingerprint density at radius 2 is 1.86 bits per heavy atom. The van der Waals surface area contributed by atoms with Crippen molar-refractivity contribution in [2.75, 3.05) is 35.8 Å². The predicted octanol–water partition coefficient (Wildman–Crippen LogP) is 2.56. The van der Waals surface area contributed by atoms with E-state index in [0.29, 0.717) is 29.2 Å². The third-order valence-corrected chi connectivity index (χ3v) is 8.15. The summed E-state index contributed by atoms with van der Waals surface area (Å²) >= 11 is 0. The minimum absolute atomic E-state index is 0.0167. The molecular weight excluding hydrogens is 594 g/mol. The van der Waals surface area contributed by atoms with Gasteiger partial charge in [-0.25, -0.2) is 19.7 Å². The van der Waals surface area contributed by atoms with Gasteiger partial charge in [-0.05, 0) is 53.6 Å². The van der Waals surface area contributed by atoms with Gasteiger partial charge in [0.05, 0.1) is 18.4 Å². The summed E-state index contributed by atoms with van der Waals surface area (Å²) in [4.78, 5) is 59.3. The van der Waals surface area contributed by atoms with E-state index in [1.165, 1.54) is 21.6 Å². The van der Waals surface area contributed by atoms with Crippen molar-refractivity contribution in [2.24, 2.45) is 0 Å². The summed E-state index contributed by atoms with van der Waals surface area (Å²) in [5.74, 6) is -1.66. The Hall–Kier alpha value is -4.70. The van der Waals surface area contributed by atoms with Crippen molar-refractivity contribution in [3.8, 4) is 0 Å². The second-order valence-electron chi connectivity index (χ2n) is 9.10. The molecule has 1 atom stereocenters. The van der Waals surface area contributed by atoms with Gasteiger partial charge in [0, 0.05) is 36.7 Å². The van der Waals surface area contributed by atoms with E-state index in [0.717, 1.165) is 10.7 Å². The van der Waals surface area contributed by atoms with Crippen molar-refractivity contribution in [1.82, 2.24) is 30.2 Å². The molecule has 3 heterocycles. The van der Waals surface area contributed by atoms with E-state index in [9.17, 15) is 19.5 Å². The van der Waals surface area contributed by atoms with Gasteiger partial charge >= 0.3 is 11.9 Å². The number of rotatable bonds is 14. The van der Waals surface area contributed by atoms with Gasteiger partial charge in [-0.2, -0.15) is 9.97 Å².